The van der Waals surface area contributed by atoms with Gasteiger partial charge in [0.2, 0.25) is 0 Å². The van der Waals surface area contributed by atoms with Crippen LogP contribution in [0.5, 0.6) is 5.75 Å². The van der Waals surface area contributed by atoms with Gasteiger partial charge in [-0.25, -0.2) is 0 Å². The van der Waals surface area contributed by atoms with E-state index in [1.165, 1.54) is 5.56 Å². The minimum atomic E-state index is -0.486. The average Bonchev–Trinajstić information content (AvgIpc) is 3.04. The van der Waals surface area contributed by atoms with E-state index in [2.05, 4.69) is 40.4 Å². The maximum absolute atomic E-state index is 10.8. The van der Waals surface area contributed by atoms with Crippen LogP contribution < -0.4 is 15.8 Å². The van der Waals surface area contributed by atoms with E-state index in [4.69, 9.17) is 10.5 Å². The average molecular weight is 401 g/mol. The monoisotopic (exact) mass is 400 g/mol. The molecule has 8 heteroatoms. The number of nitrogens with one attached hydrogen (secondary N) is 1. The minimum Gasteiger partial charge on any atom is -0.484 e. The third-order valence-electron chi connectivity index (χ3n) is 4.47. The Balaban J connectivity index is 1.86. The highest BCUT2D eigenvalue weighted by Crippen LogP contribution is 2.18. The van der Waals surface area contributed by atoms with Crippen molar-refractivity contribution < 1.29 is 9.53 Å². The number of hydrogen-bond donors (Lipinski definition) is 2. The number of primary amides is 1. The Bertz CT molecular complexity index is 826. The first-order chi connectivity index (χ1) is 13.8. The molecule has 0 bridgehead atoms. The first-order valence-electron chi connectivity index (χ1n) is 9.74. The summed E-state index contributed by atoms with van der Waals surface area (Å²) < 4.78 is 7.14. The largest absolute Gasteiger partial charge is 0.484 e. The van der Waals surface area contributed by atoms with Gasteiger partial charge in [0.25, 0.3) is 5.91 Å². The number of carbonyl (C=O) groups excluding carboxylic acids is 1. The van der Waals surface area contributed by atoms with Crippen molar-refractivity contribution in [3.63, 3.8) is 0 Å². The predicted molar refractivity (Wildman–Crippen MR) is 115 cm³/mol. The molecule has 0 atom stereocenters. The van der Waals surface area contributed by atoms with Crippen LogP contribution >= 0.6 is 0 Å². The van der Waals surface area contributed by atoms with Crippen LogP contribution in [-0.2, 0) is 24.8 Å². The van der Waals surface area contributed by atoms with Gasteiger partial charge in [0.15, 0.2) is 12.6 Å². The molecule has 1 amide bonds. The fourth-order valence-corrected chi connectivity index (χ4v) is 3.10. The van der Waals surface area contributed by atoms with Crippen LogP contribution in [0.1, 0.15) is 36.6 Å². The Morgan fingerprint density at radius 2 is 2.03 bits per heavy atom. The van der Waals surface area contributed by atoms with Gasteiger partial charge in [-0.05, 0) is 30.0 Å². The molecule has 2 rings (SSSR count). The van der Waals surface area contributed by atoms with Crippen molar-refractivity contribution in [3.8, 4) is 5.75 Å². The first-order valence-corrected chi connectivity index (χ1v) is 9.74. The number of aliphatic imine (C=N–C) groups is 1. The van der Waals surface area contributed by atoms with Crippen molar-refractivity contribution in [1.29, 1.82) is 0 Å². The van der Waals surface area contributed by atoms with Gasteiger partial charge in [0.1, 0.15) is 5.75 Å². The zero-order valence-electron chi connectivity index (χ0n) is 18.0. The number of aromatic nitrogens is 2. The smallest absolute Gasteiger partial charge is 0.255 e. The standard InChI is InChI=1S/C21H32N6O2/c1-15(2)20-17(13-27(5)25-20)12-26(4)21(23-3)24-11-10-16-6-8-18(9-7-16)29-14-19(22)28/h6-9,13,15H,10-12,14H2,1-5H3,(H2,22,28)(H,23,24). The molecule has 0 aliphatic carbocycles. The first kappa shape index (κ1) is 22.3. The van der Waals surface area contributed by atoms with Gasteiger partial charge in [-0.2, -0.15) is 5.10 Å². The van der Waals surface area contributed by atoms with Crippen LogP contribution in [0.3, 0.4) is 0 Å². The molecule has 158 valence electrons. The Kier molecular flexibility index (Phi) is 8.06. The molecule has 0 aliphatic rings. The van der Waals surface area contributed by atoms with Gasteiger partial charge in [-0.15, -0.1) is 0 Å². The number of benzene rings is 1. The zero-order valence-corrected chi connectivity index (χ0v) is 18.0. The summed E-state index contributed by atoms with van der Waals surface area (Å²) in [5.41, 5.74) is 8.57. The van der Waals surface area contributed by atoms with Crippen molar-refractivity contribution in [3.05, 3.63) is 47.3 Å². The molecular weight excluding hydrogens is 368 g/mol. The molecule has 29 heavy (non-hydrogen) atoms. The molecule has 1 aromatic carbocycles. The molecule has 0 unspecified atom stereocenters. The third-order valence-corrected chi connectivity index (χ3v) is 4.47. The lowest BCUT2D eigenvalue weighted by atomic mass is 10.1. The highest BCUT2D eigenvalue weighted by atomic mass is 16.5. The van der Waals surface area contributed by atoms with Crippen LogP contribution in [0, 0.1) is 0 Å². The fraction of sp³-hybridized carbons (Fsp3) is 0.476. The number of amides is 1. The molecule has 0 aliphatic heterocycles. The van der Waals surface area contributed by atoms with Gasteiger partial charge in [-0.1, -0.05) is 26.0 Å². The summed E-state index contributed by atoms with van der Waals surface area (Å²) >= 11 is 0. The van der Waals surface area contributed by atoms with Crippen molar-refractivity contribution in [2.24, 2.45) is 17.8 Å². The molecule has 8 nitrogen and oxygen atoms in total. The topological polar surface area (TPSA) is 97.8 Å². The summed E-state index contributed by atoms with van der Waals surface area (Å²) in [6.07, 6.45) is 2.91. The summed E-state index contributed by atoms with van der Waals surface area (Å²) in [6, 6.07) is 7.65. The molecular formula is C21H32N6O2. The molecule has 0 radical (unpaired) electrons. The van der Waals surface area contributed by atoms with Crippen LogP contribution in [0.4, 0.5) is 0 Å². The Morgan fingerprint density at radius 3 is 2.62 bits per heavy atom. The fourth-order valence-electron chi connectivity index (χ4n) is 3.10. The van der Waals surface area contributed by atoms with E-state index >= 15 is 0 Å². The lowest BCUT2D eigenvalue weighted by molar-refractivity contribution is -0.119. The number of aryl methyl sites for hydroxylation is 1. The van der Waals surface area contributed by atoms with Gasteiger partial charge < -0.3 is 20.7 Å². The molecule has 3 N–H and O–H groups in total. The zero-order chi connectivity index (χ0) is 21.4. The van der Waals surface area contributed by atoms with E-state index in [-0.39, 0.29) is 6.61 Å². The maximum atomic E-state index is 10.8. The lowest BCUT2D eigenvalue weighted by Crippen LogP contribution is -2.39. The number of nitrogens with zero attached hydrogens (tertiary/aromatic N) is 4. The van der Waals surface area contributed by atoms with Crippen molar-refractivity contribution in [1.82, 2.24) is 20.0 Å². The van der Waals surface area contributed by atoms with E-state index < -0.39 is 5.91 Å². The summed E-state index contributed by atoms with van der Waals surface area (Å²) in [5.74, 6) is 1.36. The van der Waals surface area contributed by atoms with Crippen molar-refractivity contribution in [2.45, 2.75) is 32.7 Å². The molecule has 0 saturated heterocycles. The van der Waals surface area contributed by atoms with E-state index in [0.717, 1.165) is 36.7 Å². The quantitative estimate of drug-likeness (QED) is 0.493. The van der Waals surface area contributed by atoms with Crippen LogP contribution in [0.15, 0.2) is 35.5 Å². The summed E-state index contributed by atoms with van der Waals surface area (Å²) in [5, 5.41) is 7.98. The van der Waals surface area contributed by atoms with Crippen LogP contribution in [-0.4, -0.2) is 53.8 Å². The second kappa shape index (κ2) is 10.5. The molecule has 0 spiro atoms. The van der Waals surface area contributed by atoms with E-state index in [9.17, 15) is 4.79 Å². The molecule has 1 heterocycles. The molecule has 1 aromatic heterocycles. The minimum absolute atomic E-state index is 0.112. The third kappa shape index (κ3) is 6.81. The number of rotatable bonds is 9. The van der Waals surface area contributed by atoms with Gasteiger partial charge >= 0.3 is 0 Å². The summed E-state index contributed by atoms with van der Waals surface area (Å²) in [6.45, 7) is 5.70. The van der Waals surface area contributed by atoms with Gasteiger partial charge in [-0.3, -0.25) is 14.5 Å². The normalized spacial score (nSPS) is 11.6. The predicted octanol–water partition coefficient (Wildman–Crippen LogP) is 1.66. The molecule has 0 saturated carbocycles. The van der Waals surface area contributed by atoms with Gasteiger partial charge in [0, 0.05) is 46.0 Å². The highest BCUT2D eigenvalue weighted by Gasteiger charge is 2.15. The molecule has 2 aromatic rings. The van der Waals surface area contributed by atoms with Crippen molar-refractivity contribution >= 4 is 11.9 Å². The Morgan fingerprint density at radius 1 is 1.34 bits per heavy atom. The summed E-state index contributed by atoms with van der Waals surface area (Å²) in [7, 11) is 5.76. The number of carbonyl (C=O) groups is 1. The molecule has 0 fully saturated rings. The van der Waals surface area contributed by atoms with Crippen LogP contribution in [0.2, 0.25) is 0 Å². The Labute approximate surface area is 172 Å². The number of ether oxygens (including phenoxy) is 1. The number of guanidine groups is 1. The maximum Gasteiger partial charge on any atom is 0.255 e. The summed E-state index contributed by atoms with van der Waals surface area (Å²) in [4.78, 5) is 17.3. The van der Waals surface area contributed by atoms with Crippen LogP contribution in [0.25, 0.3) is 0 Å². The highest BCUT2D eigenvalue weighted by molar-refractivity contribution is 5.79. The van der Waals surface area contributed by atoms with E-state index in [0.29, 0.717) is 11.7 Å². The SMILES string of the molecule is CN=C(NCCc1ccc(OCC(N)=O)cc1)N(C)Cc1cn(C)nc1C(C)C. The van der Waals surface area contributed by atoms with E-state index in [1.54, 1.807) is 7.05 Å². The lowest BCUT2D eigenvalue weighted by Gasteiger charge is -2.22. The number of nitrogens with two attached hydrogens (primary N) is 1. The van der Waals surface area contributed by atoms with Gasteiger partial charge in [0.05, 0.1) is 5.69 Å². The Hall–Kier alpha value is -3.03. The van der Waals surface area contributed by atoms with E-state index in [1.807, 2.05) is 43.0 Å². The second-order valence-electron chi connectivity index (χ2n) is 7.35. The number of hydrogen-bond acceptors (Lipinski definition) is 4. The second-order valence-corrected chi connectivity index (χ2v) is 7.35. The van der Waals surface area contributed by atoms with Crippen molar-refractivity contribution in [2.75, 3.05) is 27.2 Å².